The number of hydrogen-bond donors (Lipinski definition) is 0. The average Bonchev–Trinajstić information content (AvgIpc) is 2.38. The molecule has 0 aliphatic carbocycles. The highest BCUT2D eigenvalue weighted by atomic mass is 16.5. The summed E-state index contributed by atoms with van der Waals surface area (Å²) in [6.07, 6.45) is 1.34. The fourth-order valence-corrected chi connectivity index (χ4v) is 1.82. The van der Waals surface area contributed by atoms with E-state index in [4.69, 9.17) is 10.00 Å². The number of nitriles is 1. The molecule has 0 aliphatic rings. The van der Waals surface area contributed by atoms with E-state index < -0.39 is 5.97 Å². The van der Waals surface area contributed by atoms with Gasteiger partial charge in [-0.15, -0.1) is 0 Å². The third-order valence-corrected chi connectivity index (χ3v) is 2.69. The number of carbonyl (C=O) groups is 2. The van der Waals surface area contributed by atoms with E-state index in [0.29, 0.717) is 29.4 Å². The second-order valence-electron chi connectivity index (χ2n) is 3.73. The smallest absolute Gasteiger partial charge is 0.310 e. The number of esters is 1. The highest BCUT2D eigenvalue weighted by Gasteiger charge is 2.15. The molecule has 0 unspecified atom stereocenters. The lowest BCUT2D eigenvalue weighted by Gasteiger charge is -2.10. The largest absolute Gasteiger partial charge is 0.466 e. The molecule has 0 radical (unpaired) electrons. The first-order valence-corrected chi connectivity index (χ1v) is 5.83. The van der Waals surface area contributed by atoms with E-state index in [1.807, 2.05) is 13.0 Å². The van der Waals surface area contributed by atoms with Crippen molar-refractivity contribution < 1.29 is 14.3 Å². The average molecular weight is 245 g/mol. The maximum Gasteiger partial charge on any atom is 0.310 e. The fraction of sp³-hybridized carbons (Fsp3) is 0.357. The van der Waals surface area contributed by atoms with Crippen LogP contribution in [0.4, 0.5) is 0 Å². The van der Waals surface area contributed by atoms with Gasteiger partial charge in [-0.05, 0) is 30.5 Å². The predicted molar refractivity (Wildman–Crippen MR) is 66.3 cm³/mol. The zero-order valence-electron chi connectivity index (χ0n) is 10.5. The van der Waals surface area contributed by atoms with Gasteiger partial charge in [0.1, 0.15) is 0 Å². The van der Waals surface area contributed by atoms with Crippen molar-refractivity contribution in [3.8, 4) is 6.07 Å². The third-order valence-electron chi connectivity index (χ3n) is 2.69. The van der Waals surface area contributed by atoms with Crippen molar-refractivity contribution in [2.24, 2.45) is 0 Å². The summed E-state index contributed by atoms with van der Waals surface area (Å²) in [5.74, 6) is -0.426. The Labute approximate surface area is 106 Å². The second kappa shape index (κ2) is 6.55. The van der Waals surface area contributed by atoms with Crippen molar-refractivity contribution in [1.29, 1.82) is 5.26 Å². The minimum Gasteiger partial charge on any atom is -0.466 e. The first-order valence-electron chi connectivity index (χ1n) is 5.83. The van der Waals surface area contributed by atoms with Gasteiger partial charge in [-0.2, -0.15) is 5.26 Å². The van der Waals surface area contributed by atoms with Crippen LogP contribution >= 0.6 is 0 Å². The molecule has 0 aliphatic heterocycles. The Morgan fingerprint density at radius 3 is 2.67 bits per heavy atom. The molecule has 0 bridgehead atoms. The summed E-state index contributed by atoms with van der Waals surface area (Å²) in [5, 5.41) is 9.03. The molecule has 4 heteroatoms. The molecule has 0 fully saturated rings. The van der Waals surface area contributed by atoms with Crippen molar-refractivity contribution in [3.05, 3.63) is 34.4 Å². The number of hydrogen-bond acceptors (Lipinski definition) is 4. The lowest BCUT2D eigenvalue weighted by molar-refractivity contribution is -0.142. The number of aryl methyl sites for hydroxylation is 1. The number of ether oxygens (including phenoxy) is 1. The molecule has 0 heterocycles. The van der Waals surface area contributed by atoms with Gasteiger partial charge >= 0.3 is 5.97 Å². The molecule has 4 nitrogen and oxygen atoms in total. The molecule has 0 saturated carbocycles. The quantitative estimate of drug-likeness (QED) is 0.588. The van der Waals surface area contributed by atoms with Crippen molar-refractivity contribution in [3.63, 3.8) is 0 Å². The van der Waals surface area contributed by atoms with Crippen LogP contribution in [0.15, 0.2) is 12.1 Å². The topological polar surface area (TPSA) is 67.2 Å². The maximum atomic E-state index is 11.5. The van der Waals surface area contributed by atoms with Crippen molar-refractivity contribution >= 4 is 12.3 Å². The van der Waals surface area contributed by atoms with Crippen LogP contribution in [-0.2, 0) is 22.4 Å². The Kier molecular flexibility index (Phi) is 5.06. The summed E-state index contributed by atoms with van der Waals surface area (Å²) >= 11 is 0. The highest BCUT2D eigenvalue weighted by Crippen LogP contribution is 2.19. The van der Waals surface area contributed by atoms with E-state index in [2.05, 4.69) is 0 Å². The van der Waals surface area contributed by atoms with Crippen LogP contribution in [0.1, 0.15) is 40.9 Å². The van der Waals surface area contributed by atoms with E-state index in [1.54, 1.807) is 19.1 Å². The molecule has 0 aromatic heterocycles. The molecule has 1 rings (SSSR count). The van der Waals surface area contributed by atoms with Crippen molar-refractivity contribution in [2.45, 2.75) is 26.7 Å². The predicted octanol–water partition coefficient (Wildman–Crippen LogP) is 2.04. The monoisotopic (exact) mass is 245 g/mol. The maximum absolute atomic E-state index is 11.5. The van der Waals surface area contributed by atoms with Crippen LogP contribution in [0.2, 0.25) is 0 Å². The standard InChI is InChI=1S/C14H15NO3/c1-3-10-5-6-11(8-15)12(13(10)9-16)7-14(17)18-4-2/h5-6,9H,3-4,7H2,1-2H3. The van der Waals surface area contributed by atoms with Crippen LogP contribution < -0.4 is 0 Å². The molecule has 18 heavy (non-hydrogen) atoms. The van der Waals surface area contributed by atoms with Gasteiger partial charge in [0, 0.05) is 5.56 Å². The first kappa shape index (κ1) is 13.9. The third kappa shape index (κ3) is 2.95. The van der Waals surface area contributed by atoms with Gasteiger partial charge in [0.05, 0.1) is 24.7 Å². The highest BCUT2D eigenvalue weighted by molar-refractivity contribution is 5.85. The van der Waals surface area contributed by atoms with Gasteiger partial charge in [-0.3, -0.25) is 9.59 Å². The molecule has 94 valence electrons. The van der Waals surface area contributed by atoms with Gasteiger partial charge in [0.2, 0.25) is 0 Å². The number of nitrogens with zero attached hydrogens (tertiary/aromatic N) is 1. The Morgan fingerprint density at radius 2 is 2.17 bits per heavy atom. The van der Waals surface area contributed by atoms with E-state index in [0.717, 1.165) is 5.56 Å². The Balaban J connectivity index is 3.25. The summed E-state index contributed by atoms with van der Waals surface area (Å²) in [4.78, 5) is 22.7. The Morgan fingerprint density at radius 1 is 1.44 bits per heavy atom. The lowest BCUT2D eigenvalue weighted by atomic mass is 9.94. The first-order chi connectivity index (χ1) is 8.67. The Bertz CT molecular complexity index is 500. The van der Waals surface area contributed by atoms with Crippen LogP contribution in [0.5, 0.6) is 0 Å². The van der Waals surface area contributed by atoms with E-state index in [1.165, 1.54) is 0 Å². The summed E-state index contributed by atoms with van der Waals surface area (Å²) in [6.45, 7) is 3.92. The zero-order valence-corrected chi connectivity index (χ0v) is 10.5. The summed E-state index contributed by atoms with van der Waals surface area (Å²) in [6, 6.07) is 5.39. The number of carbonyl (C=O) groups excluding carboxylic acids is 2. The number of rotatable bonds is 5. The molecule has 0 N–H and O–H groups in total. The molecule has 0 atom stereocenters. The van der Waals surface area contributed by atoms with Crippen LogP contribution in [0.25, 0.3) is 0 Å². The molecule has 0 spiro atoms. The fourth-order valence-electron chi connectivity index (χ4n) is 1.82. The molecule has 1 aromatic rings. The van der Waals surface area contributed by atoms with Gasteiger partial charge in [0.25, 0.3) is 0 Å². The van der Waals surface area contributed by atoms with Crippen LogP contribution in [0, 0.1) is 11.3 Å². The molecular formula is C14H15NO3. The Hall–Kier alpha value is -2.15. The minimum atomic E-state index is -0.426. The van der Waals surface area contributed by atoms with Crippen LogP contribution in [-0.4, -0.2) is 18.9 Å². The zero-order chi connectivity index (χ0) is 13.5. The second-order valence-corrected chi connectivity index (χ2v) is 3.73. The minimum absolute atomic E-state index is 0.0430. The van der Waals surface area contributed by atoms with Crippen LogP contribution in [0.3, 0.4) is 0 Å². The lowest BCUT2D eigenvalue weighted by Crippen LogP contribution is -2.12. The SMILES string of the molecule is CCOC(=O)Cc1c(C#N)ccc(CC)c1C=O. The van der Waals surface area contributed by atoms with Gasteiger partial charge < -0.3 is 4.74 Å². The van der Waals surface area contributed by atoms with Gasteiger partial charge in [-0.1, -0.05) is 13.0 Å². The normalized spacial score (nSPS) is 9.61. The number of benzene rings is 1. The van der Waals surface area contributed by atoms with Gasteiger partial charge in [-0.25, -0.2) is 0 Å². The van der Waals surface area contributed by atoms with Crippen molar-refractivity contribution in [2.75, 3.05) is 6.61 Å². The van der Waals surface area contributed by atoms with E-state index >= 15 is 0 Å². The summed E-state index contributed by atoms with van der Waals surface area (Å²) in [7, 11) is 0. The van der Waals surface area contributed by atoms with E-state index in [9.17, 15) is 9.59 Å². The van der Waals surface area contributed by atoms with E-state index in [-0.39, 0.29) is 13.0 Å². The molecule has 0 saturated heterocycles. The summed E-state index contributed by atoms with van der Waals surface area (Å²) in [5.41, 5.74) is 2.08. The molecule has 0 amide bonds. The summed E-state index contributed by atoms with van der Waals surface area (Å²) < 4.78 is 4.85. The van der Waals surface area contributed by atoms with Gasteiger partial charge in [0.15, 0.2) is 6.29 Å². The van der Waals surface area contributed by atoms with Crippen molar-refractivity contribution in [1.82, 2.24) is 0 Å². The number of aldehydes is 1. The molecule has 1 aromatic carbocycles. The molecular weight excluding hydrogens is 230 g/mol.